The molecule has 152 valence electrons. The van der Waals surface area contributed by atoms with E-state index in [0.29, 0.717) is 0 Å². The lowest BCUT2D eigenvalue weighted by atomic mass is 9.81. The van der Waals surface area contributed by atoms with Gasteiger partial charge in [0.25, 0.3) is 0 Å². The maximum absolute atomic E-state index is 4.27. The van der Waals surface area contributed by atoms with Crippen LogP contribution in [0.4, 0.5) is 0 Å². The molecule has 0 unspecified atom stereocenters. The molecule has 2 nitrogen and oxygen atoms in total. The van der Waals surface area contributed by atoms with Gasteiger partial charge >= 0.3 is 0 Å². The fourth-order valence-corrected chi connectivity index (χ4v) is 5.76. The Bertz CT molecular complexity index is 918. The Labute approximate surface area is 178 Å². The van der Waals surface area contributed by atoms with Gasteiger partial charge in [-0.3, -0.25) is 4.98 Å². The Morgan fingerprint density at radius 3 is 2.11 bits per heavy atom. The van der Waals surface area contributed by atoms with E-state index in [2.05, 4.69) is 88.8 Å². The summed E-state index contributed by atoms with van der Waals surface area (Å²) < 4.78 is 2.33. The minimum Gasteiger partial charge on any atom is -0.354 e. The summed E-state index contributed by atoms with van der Waals surface area (Å²) in [5, 5.41) is 2.35. The molecule has 0 radical (unpaired) electrons. The molecular weight excluding hydrogens is 380 g/mol. The number of rotatable bonds is 6. The third-order valence-corrected chi connectivity index (χ3v) is 8.08. The van der Waals surface area contributed by atoms with Crippen LogP contribution < -0.4 is 0 Å². The van der Waals surface area contributed by atoms with E-state index < -0.39 is 0 Å². The summed E-state index contributed by atoms with van der Waals surface area (Å²) in [5.41, 5.74) is 6.64. The predicted molar refractivity (Wildman–Crippen MR) is 124 cm³/mol. The first-order valence-electron chi connectivity index (χ1n) is 10.0. The second-order valence-electron chi connectivity index (χ2n) is 10.4. The van der Waals surface area contributed by atoms with E-state index >= 15 is 0 Å². The molecular formula is C24H34N2S2. The van der Waals surface area contributed by atoms with Gasteiger partial charge in [-0.25, -0.2) is 0 Å². The van der Waals surface area contributed by atoms with Crippen LogP contribution in [0, 0.1) is 0 Å². The summed E-state index contributed by atoms with van der Waals surface area (Å²) in [4.78, 5) is 7.09. The summed E-state index contributed by atoms with van der Waals surface area (Å²) in [7, 11) is 2.19. The Morgan fingerprint density at radius 2 is 1.54 bits per heavy atom. The van der Waals surface area contributed by atoms with Crippen molar-refractivity contribution in [2.24, 2.45) is 7.05 Å². The highest BCUT2D eigenvalue weighted by atomic mass is 32.1. The van der Waals surface area contributed by atoms with E-state index in [4.69, 9.17) is 0 Å². The zero-order chi connectivity index (χ0) is 20.7. The number of thiazole rings is 1. The molecule has 3 heterocycles. The molecule has 0 amide bonds. The summed E-state index contributed by atoms with van der Waals surface area (Å²) in [6.07, 6.45) is 6.43. The van der Waals surface area contributed by atoms with Gasteiger partial charge in [-0.05, 0) is 46.9 Å². The summed E-state index contributed by atoms with van der Waals surface area (Å²) in [5.74, 6) is 0. The largest absolute Gasteiger partial charge is 0.354 e. The van der Waals surface area contributed by atoms with Gasteiger partial charge in [0.05, 0.1) is 5.51 Å². The van der Waals surface area contributed by atoms with Crippen LogP contribution in [0.1, 0.15) is 75.0 Å². The second-order valence-corrected chi connectivity index (χ2v) is 12.2. The van der Waals surface area contributed by atoms with Crippen molar-refractivity contribution < 1.29 is 0 Å². The molecule has 0 spiro atoms. The number of hydrogen-bond donors (Lipinski definition) is 0. The zero-order valence-electron chi connectivity index (χ0n) is 18.6. The number of thiophene rings is 1. The van der Waals surface area contributed by atoms with Gasteiger partial charge in [0, 0.05) is 45.7 Å². The van der Waals surface area contributed by atoms with Gasteiger partial charge in [-0.15, -0.1) is 22.7 Å². The smallest absolute Gasteiger partial charge is 0.0794 e. The quantitative estimate of drug-likeness (QED) is 0.430. The van der Waals surface area contributed by atoms with Crippen molar-refractivity contribution >= 4 is 22.7 Å². The van der Waals surface area contributed by atoms with Crippen molar-refractivity contribution in [1.29, 1.82) is 0 Å². The zero-order valence-corrected chi connectivity index (χ0v) is 20.2. The normalized spacial score (nSPS) is 13.3. The van der Waals surface area contributed by atoms with Crippen molar-refractivity contribution in [2.75, 3.05) is 0 Å². The van der Waals surface area contributed by atoms with Crippen molar-refractivity contribution in [1.82, 2.24) is 9.55 Å². The first-order valence-corrected chi connectivity index (χ1v) is 11.8. The highest BCUT2D eigenvalue weighted by molar-refractivity contribution is 7.10. The van der Waals surface area contributed by atoms with Crippen molar-refractivity contribution in [3.8, 4) is 0 Å². The van der Waals surface area contributed by atoms with Gasteiger partial charge in [0.1, 0.15) is 0 Å². The van der Waals surface area contributed by atoms with Crippen LogP contribution in [0.15, 0.2) is 35.4 Å². The maximum atomic E-state index is 4.27. The van der Waals surface area contributed by atoms with Crippen molar-refractivity contribution in [2.45, 2.75) is 77.6 Å². The Balaban J connectivity index is 1.80. The van der Waals surface area contributed by atoms with E-state index in [1.54, 1.807) is 11.3 Å². The minimum atomic E-state index is 0.0951. The van der Waals surface area contributed by atoms with Crippen LogP contribution >= 0.6 is 22.7 Å². The Hall–Kier alpha value is -1.39. The monoisotopic (exact) mass is 414 g/mol. The first-order chi connectivity index (χ1) is 12.9. The SMILES string of the molecule is Cn1cc(CC(C)(C)c2cncs2)cc1C(C)(C)Cc1csc(C(C)(C)C)c1. The van der Waals surface area contributed by atoms with Gasteiger partial charge in [0.2, 0.25) is 0 Å². The third kappa shape index (κ3) is 4.60. The second kappa shape index (κ2) is 7.46. The standard InChI is InChI=1S/C24H34N2S2/c1-22(2,3)20-10-18(15-27-20)12-23(4,5)19-9-17(14-26(19)8)11-24(6,7)21-13-25-16-28-21/h9-10,13-16H,11-12H2,1-8H3. The summed E-state index contributed by atoms with van der Waals surface area (Å²) in [6, 6.07) is 4.82. The highest BCUT2D eigenvalue weighted by Crippen LogP contribution is 2.36. The average molecular weight is 415 g/mol. The molecule has 0 atom stereocenters. The fraction of sp³-hybridized carbons (Fsp3) is 0.542. The van der Waals surface area contributed by atoms with E-state index in [-0.39, 0.29) is 16.2 Å². The van der Waals surface area contributed by atoms with Crippen LogP contribution in [-0.4, -0.2) is 9.55 Å². The van der Waals surface area contributed by atoms with Crippen LogP contribution in [0.2, 0.25) is 0 Å². The molecule has 4 heteroatoms. The predicted octanol–water partition coefficient (Wildman–Crippen LogP) is 6.88. The third-order valence-electron chi connectivity index (χ3n) is 5.54. The average Bonchev–Trinajstić information content (AvgIpc) is 3.26. The molecule has 0 saturated heterocycles. The van der Waals surface area contributed by atoms with E-state index in [0.717, 1.165) is 12.8 Å². The van der Waals surface area contributed by atoms with E-state index in [1.807, 2.05) is 23.0 Å². The number of nitrogens with zero attached hydrogens (tertiary/aromatic N) is 2. The first kappa shape index (κ1) is 21.3. The Kier molecular flexibility index (Phi) is 5.68. The van der Waals surface area contributed by atoms with Gasteiger partial charge < -0.3 is 4.57 Å². The maximum Gasteiger partial charge on any atom is 0.0794 e. The molecule has 0 saturated carbocycles. The summed E-state index contributed by atoms with van der Waals surface area (Å²) in [6.45, 7) is 16.3. The van der Waals surface area contributed by atoms with Crippen LogP contribution in [-0.2, 0) is 36.1 Å². The van der Waals surface area contributed by atoms with Crippen molar-refractivity contribution in [3.63, 3.8) is 0 Å². The number of hydrogen-bond acceptors (Lipinski definition) is 3. The van der Waals surface area contributed by atoms with Crippen LogP contribution in [0.25, 0.3) is 0 Å². The van der Waals surface area contributed by atoms with Crippen LogP contribution in [0.3, 0.4) is 0 Å². The highest BCUT2D eigenvalue weighted by Gasteiger charge is 2.28. The Morgan fingerprint density at radius 1 is 0.857 bits per heavy atom. The van der Waals surface area contributed by atoms with Crippen LogP contribution in [0.5, 0.6) is 0 Å². The number of aryl methyl sites for hydroxylation is 1. The molecule has 0 aliphatic carbocycles. The number of aromatic nitrogens is 2. The van der Waals surface area contributed by atoms with Gasteiger partial charge in [0.15, 0.2) is 0 Å². The van der Waals surface area contributed by atoms with E-state index in [9.17, 15) is 0 Å². The minimum absolute atomic E-state index is 0.0951. The van der Waals surface area contributed by atoms with E-state index in [1.165, 1.54) is 26.6 Å². The molecule has 0 fully saturated rings. The summed E-state index contributed by atoms with van der Waals surface area (Å²) >= 11 is 3.65. The molecule has 28 heavy (non-hydrogen) atoms. The molecule has 0 bridgehead atoms. The lowest BCUT2D eigenvalue weighted by Crippen LogP contribution is -2.23. The molecule has 3 aromatic rings. The molecule has 0 aliphatic heterocycles. The van der Waals surface area contributed by atoms with Gasteiger partial charge in [-0.1, -0.05) is 48.5 Å². The fourth-order valence-electron chi connectivity index (χ4n) is 4.01. The topological polar surface area (TPSA) is 17.8 Å². The molecule has 0 aromatic carbocycles. The molecule has 3 rings (SSSR count). The molecule has 0 N–H and O–H groups in total. The molecule has 0 aliphatic rings. The lowest BCUT2D eigenvalue weighted by Gasteiger charge is -2.25. The lowest BCUT2D eigenvalue weighted by molar-refractivity contribution is 0.487. The van der Waals surface area contributed by atoms with Gasteiger partial charge in [-0.2, -0.15) is 0 Å². The van der Waals surface area contributed by atoms with Crippen molar-refractivity contribution in [3.05, 3.63) is 62.0 Å². The molecule has 3 aromatic heterocycles.